The van der Waals surface area contributed by atoms with E-state index in [1.165, 1.54) is 35.9 Å². The van der Waals surface area contributed by atoms with Crippen LogP contribution in [0.5, 0.6) is 11.5 Å². The Morgan fingerprint density at radius 3 is 2.35 bits per heavy atom. The Bertz CT molecular complexity index is 1340. The molecule has 1 fully saturated rings. The normalized spacial score (nSPS) is 14.6. The molecule has 4 rings (SSSR count). The summed E-state index contributed by atoms with van der Waals surface area (Å²) in [5, 5.41) is 1.15. The number of carbonyl (C=O) groups is 2. The number of rotatable bonds is 5. The summed E-state index contributed by atoms with van der Waals surface area (Å²) in [7, 11) is 1.45. The molecule has 0 atom stereocenters. The van der Waals surface area contributed by atoms with Crippen LogP contribution in [0, 0.1) is 0 Å². The Labute approximate surface area is 220 Å². The molecule has 0 aliphatic carbocycles. The van der Waals surface area contributed by atoms with E-state index in [2.05, 4.69) is 0 Å². The Morgan fingerprint density at radius 1 is 0.971 bits per heavy atom. The van der Waals surface area contributed by atoms with E-state index in [1.54, 1.807) is 54.6 Å². The largest absolute Gasteiger partial charge is 0.493 e. The molecule has 3 aromatic rings. The number of halogens is 3. The van der Waals surface area contributed by atoms with Crippen LogP contribution in [0.3, 0.4) is 0 Å². The van der Waals surface area contributed by atoms with Crippen LogP contribution >= 0.6 is 58.8 Å². The van der Waals surface area contributed by atoms with Gasteiger partial charge in [-0.15, -0.1) is 0 Å². The SMILES string of the molecule is COc1cc(/C=C2/SC(=S)N(c3ccc(Cl)cc3)C2=O)ccc1OC(=O)c1ccc(Cl)cc1Cl. The highest BCUT2D eigenvalue weighted by molar-refractivity contribution is 8.27. The molecule has 0 saturated carbocycles. The standard InChI is InChI=1S/C24H14Cl3NO4S2/c1-31-20-10-13(2-9-19(20)32-23(30)17-8-5-15(26)12-18(17)27)11-21-22(29)28(24(33)34-21)16-6-3-14(25)4-7-16/h2-12H,1H3/b21-11+. The van der Waals surface area contributed by atoms with Gasteiger partial charge in [0.25, 0.3) is 5.91 Å². The van der Waals surface area contributed by atoms with E-state index in [9.17, 15) is 9.59 Å². The van der Waals surface area contributed by atoms with Gasteiger partial charge < -0.3 is 9.47 Å². The van der Waals surface area contributed by atoms with Crippen LogP contribution < -0.4 is 14.4 Å². The third-order valence-electron chi connectivity index (χ3n) is 4.72. The number of carbonyl (C=O) groups excluding carboxylic acids is 2. The molecule has 34 heavy (non-hydrogen) atoms. The molecule has 10 heteroatoms. The van der Waals surface area contributed by atoms with Crippen molar-refractivity contribution in [3.8, 4) is 11.5 Å². The van der Waals surface area contributed by atoms with Crippen molar-refractivity contribution in [2.75, 3.05) is 12.0 Å². The quantitative estimate of drug-likeness (QED) is 0.144. The highest BCUT2D eigenvalue weighted by atomic mass is 35.5. The first-order valence-corrected chi connectivity index (χ1v) is 12.0. The molecule has 3 aromatic carbocycles. The van der Waals surface area contributed by atoms with Crippen molar-refractivity contribution in [1.82, 2.24) is 0 Å². The summed E-state index contributed by atoms with van der Waals surface area (Å²) < 4.78 is 11.3. The van der Waals surface area contributed by atoms with Crippen LogP contribution in [0.4, 0.5) is 5.69 Å². The molecule has 0 unspecified atom stereocenters. The van der Waals surface area contributed by atoms with Crippen LogP contribution in [0.1, 0.15) is 15.9 Å². The van der Waals surface area contributed by atoms with E-state index in [-0.39, 0.29) is 22.2 Å². The fourth-order valence-electron chi connectivity index (χ4n) is 3.10. The highest BCUT2D eigenvalue weighted by Gasteiger charge is 2.33. The zero-order chi connectivity index (χ0) is 24.4. The maximum atomic E-state index is 13.0. The Kier molecular flexibility index (Phi) is 7.50. The summed E-state index contributed by atoms with van der Waals surface area (Å²) in [6, 6.07) is 16.3. The molecule has 5 nitrogen and oxygen atoms in total. The van der Waals surface area contributed by atoms with Gasteiger partial charge in [0, 0.05) is 10.0 Å². The van der Waals surface area contributed by atoms with Crippen molar-refractivity contribution in [3.05, 3.63) is 91.8 Å². The Morgan fingerprint density at radius 2 is 1.68 bits per heavy atom. The number of ether oxygens (including phenoxy) is 2. The number of nitrogens with zero attached hydrogens (tertiary/aromatic N) is 1. The molecule has 0 bridgehead atoms. The lowest BCUT2D eigenvalue weighted by Gasteiger charge is -2.14. The summed E-state index contributed by atoms with van der Waals surface area (Å²) in [5.41, 5.74) is 1.47. The first-order valence-electron chi connectivity index (χ1n) is 9.65. The first kappa shape index (κ1) is 24.6. The van der Waals surface area contributed by atoms with Crippen LogP contribution in [-0.2, 0) is 4.79 Å². The second kappa shape index (κ2) is 10.4. The van der Waals surface area contributed by atoms with E-state index in [0.717, 1.165) is 0 Å². The summed E-state index contributed by atoms with van der Waals surface area (Å²) in [6.07, 6.45) is 1.69. The van der Waals surface area contributed by atoms with Gasteiger partial charge in [-0.05, 0) is 66.2 Å². The summed E-state index contributed by atoms with van der Waals surface area (Å²) in [5.74, 6) is -0.398. The van der Waals surface area contributed by atoms with Crippen LogP contribution in [0.25, 0.3) is 6.08 Å². The van der Waals surface area contributed by atoms with Gasteiger partial charge >= 0.3 is 5.97 Å². The molecule has 0 spiro atoms. The van der Waals surface area contributed by atoms with Crippen LogP contribution in [0.15, 0.2) is 65.6 Å². The van der Waals surface area contributed by atoms with Crippen molar-refractivity contribution >= 4 is 86.7 Å². The summed E-state index contributed by atoms with van der Waals surface area (Å²) in [6.45, 7) is 0. The number of thiocarbonyl (C=S) groups is 1. The van der Waals surface area contributed by atoms with E-state index in [1.807, 2.05) is 0 Å². The van der Waals surface area contributed by atoms with E-state index in [0.29, 0.717) is 36.3 Å². The third-order valence-corrected chi connectivity index (χ3v) is 6.82. The van der Waals surface area contributed by atoms with Gasteiger partial charge in [-0.1, -0.05) is 64.8 Å². The monoisotopic (exact) mass is 549 g/mol. The zero-order valence-electron chi connectivity index (χ0n) is 17.4. The van der Waals surface area contributed by atoms with Crippen molar-refractivity contribution in [1.29, 1.82) is 0 Å². The van der Waals surface area contributed by atoms with Crippen LogP contribution in [0.2, 0.25) is 15.1 Å². The Balaban J connectivity index is 1.56. The second-order valence-electron chi connectivity index (χ2n) is 6.92. The fraction of sp³-hybridized carbons (Fsp3) is 0.0417. The number of benzene rings is 3. The number of hydrogen-bond donors (Lipinski definition) is 0. The van der Waals surface area contributed by atoms with Crippen molar-refractivity contribution in [3.63, 3.8) is 0 Å². The lowest BCUT2D eigenvalue weighted by atomic mass is 10.1. The molecule has 0 aromatic heterocycles. The predicted octanol–water partition coefficient (Wildman–Crippen LogP) is 7.28. The molecule has 172 valence electrons. The van der Waals surface area contributed by atoms with Crippen molar-refractivity contribution in [2.24, 2.45) is 0 Å². The lowest BCUT2D eigenvalue weighted by molar-refractivity contribution is -0.113. The smallest absolute Gasteiger partial charge is 0.345 e. The minimum absolute atomic E-state index is 0.170. The van der Waals surface area contributed by atoms with Crippen LogP contribution in [-0.4, -0.2) is 23.3 Å². The van der Waals surface area contributed by atoms with Gasteiger partial charge in [0.1, 0.15) is 0 Å². The Hall–Kier alpha value is -2.55. The molecule has 1 aliphatic heterocycles. The fourth-order valence-corrected chi connectivity index (χ4v) is 5.01. The van der Waals surface area contributed by atoms with Gasteiger partial charge in [-0.3, -0.25) is 9.69 Å². The third kappa shape index (κ3) is 5.24. The van der Waals surface area contributed by atoms with Gasteiger partial charge in [0.2, 0.25) is 0 Å². The van der Waals surface area contributed by atoms with Crippen molar-refractivity contribution < 1.29 is 19.1 Å². The number of thioether (sulfide) groups is 1. The van der Waals surface area contributed by atoms with E-state index >= 15 is 0 Å². The first-order chi connectivity index (χ1) is 16.3. The molecular weight excluding hydrogens is 537 g/mol. The molecule has 1 amide bonds. The molecule has 0 radical (unpaired) electrons. The maximum absolute atomic E-state index is 13.0. The molecule has 1 heterocycles. The van der Waals surface area contributed by atoms with Gasteiger partial charge in [-0.2, -0.15) is 0 Å². The topological polar surface area (TPSA) is 55.8 Å². The molecule has 1 saturated heterocycles. The lowest BCUT2D eigenvalue weighted by Crippen LogP contribution is -2.27. The summed E-state index contributed by atoms with van der Waals surface area (Å²) in [4.78, 5) is 27.4. The van der Waals surface area contributed by atoms with Gasteiger partial charge in [0.05, 0.1) is 28.3 Å². The highest BCUT2D eigenvalue weighted by Crippen LogP contribution is 2.37. The number of methoxy groups -OCH3 is 1. The molecular formula is C24H14Cl3NO4S2. The average Bonchev–Trinajstić information content (AvgIpc) is 3.08. The van der Waals surface area contributed by atoms with E-state index < -0.39 is 5.97 Å². The predicted molar refractivity (Wildman–Crippen MR) is 142 cm³/mol. The minimum Gasteiger partial charge on any atom is -0.493 e. The number of anilines is 1. The van der Waals surface area contributed by atoms with Gasteiger partial charge in [0.15, 0.2) is 15.8 Å². The second-order valence-corrected chi connectivity index (χ2v) is 9.87. The average molecular weight is 551 g/mol. The number of amides is 1. The van der Waals surface area contributed by atoms with E-state index in [4.69, 9.17) is 56.5 Å². The van der Waals surface area contributed by atoms with Gasteiger partial charge in [-0.25, -0.2) is 4.79 Å². The van der Waals surface area contributed by atoms with Crippen molar-refractivity contribution in [2.45, 2.75) is 0 Å². The number of esters is 1. The molecule has 0 N–H and O–H groups in total. The summed E-state index contributed by atoms with van der Waals surface area (Å²) >= 11 is 24.5. The minimum atomic E-state index is -0.656. The molecule has 1 aliphatic rings. The number of hydrogen-bond acceptors (Lipinski definition) is 6. The maximum Gasteiger partial charge on any atom is 0.345 e. The zero-order valence-corrected chi connectivity index (χ0v) is 21.3.